The zero-order valence-electron chi connectivity index (χ0n) is 29.1. The molecule has 0 aromatic heterocycles. The van der Waals surface area contributed by atoms with Gasteiger partial charge in [0.05, 0.1) is 119 Å². The fourth-order valence-corrected chi connectivity index (χ4v) is 3.50. The molecule has 46 heavy (non-hydrogen) atoms. The number of rotatable bonds is 35. The Balaban J connectivity index is 4.15. The number of methoxy groups -OCH3 is 2. The summed E-state index contributed by atoms with van der Waals surface area (Å²) < 4.78 is 59.3. The van der Waals surface area contributed by atoms with Crippen LogP contribution in [0.4, 0.5) is 4.79 Å². The predicted octanol–water partition coefficient (Wildman–Crippen LogP) is 2.68. The third-order valence-electron chi connectivity index (χ3n) is 6.16. The minimum absolute atomic E-state index is 0.155. The van der Waals surface area contributed by atoms with Crippen LogP contribution in [0.5, 0.6) is 0 Å². The van der Waals surface area contributed by atoms with E-state index in [9.17, 15) is 9.59 Å². The van der Waals surface area contributed by atoms with Gasteiger partial charge >= 0.3 is 6.09 Å². The van der Waals surface area contributed by atoms with E-state index in [1.54, 1.807) is 14.2 Å². The molecular formula is C32H63NO13. The van der Waals surface area contributed by atoms with E-state index in [-0.39, 0.29) is 24.4 Å². The zero-order chi connectivity index (χ0) is 34.0. The lowest BCUT2D eigenvalue weighted by atomic mass is 9.88. The summed E-state index contributed by atoms with van der Waals surface area (Å²) in [5.41, 5.74) is -0.317. The van der Waals surface area contributed by atoms with Gasteiger partial charge in [-0.15, -0.1) is 0 Å². The van der Waals surface area contributed by atoms with Gasteiger partial charge in [0.25, 0.3) is 0 Å². The molecular weight excluding hydrogens is 606 g/mol. The third kappa shape index (κ3) is 32.5. The number of hydrogen-bond donors (Lipinski definition) is 1. The van der Waals surface area contributed by atoms with E-state index in [2.05, 4.69) is 5.32 Å². The quantitative estimate of drug-likeness (QED) is 0.0988. The molecule has 0 unspecified atom stereocenters. The highest BCUT2D eigenvalue weighted by Gasteiger charge is 2.20. The highest BCUT2D eigenvalue weighted by Crippen LogP contribution is 2.18. The number of unbranched alkanes of at least 4 members (excludes halogenated alkanes) is 2. The van der Waals surface area contributed by atoms with Gasteiger partial charge in [-0.25, -0.2) is 4.79 Å². The topological polar surface area (TPSA) is 148 Å². The van der Waals surface area contributed by atoms with E-state index in [0.29, 0.717) is 119 Å². The zero-order valence-corrected chi connectivity index (χ0v) is 29.1. The first-order chi connectivity index (χ1) is 22.3. The van der Waals surface area contributed by atoms with Crippen molar-refractivity contribution >= 4 is 11.9 Å². The maximum Gasteiger partial charge on any atom is 0.407 e. The van der Waals surface area contributed by atoms with Crippen LogP contribution in [-0.4, -0.2) is 158 Å². The monoisotopic (exact) mass is 669 g/mol. The third-order valence-corrected chi connectivity index (χ3v) is 6.16. The Kier molecular flexibility index (Phi) is 32.4. The Bertz CT molecular complexity index is 649. The number of hydrogen-bond acceptors (Lipinski definition) is 13. The summed E-state index contributed by atoms with van der Waals surface area (Å²) in [6.45, 7) is 14.0. The predicted molar refractivity (Wildman–Crippen MR) is 172 cm³/mol. The highest BCUT2D eigenvalue weighted by atomic mass is 16.6. The smallest absolute Gasteiger partial charge is 0.407 e. The van der Waals surface area contributed by atoms with Gasteiger partial charge in [0.1, 0.15) is 5.78 Å². The first-order valence-electron chi connectivity index (χ1n) is 16.4. The molecule has 1 N–H and O–H groups in total. The molecule has 14 nitrogen and oxygen atoms in total. The van der Waals surface area contributed by atoms with Crippen LogP contribution in [0.25, 0.3) is 0 Å². The van der Waals surface area contributed by atoms with Crippen molar-refractivity contribution in [2.45, 2.75) is 52.6 Å². The van der Waals surface area contributed by atoms with Crippen molar-refractivity contribution < 1.29 is 61.7 Å². The van der Waals surface area contributed by atoms with Crippen molar-refractivity contribution in [3.05, 3.63) is 0 Å². The molecule has 1 amide bonds. The molecule has 0 aromatic carbocycles. The van der Waals surface area contributed by atoms with Crippen LogP contribution in [0.3, 0.4) is 0 Å². The summed E-state index contributed by atoms with van der Waals surface area (Å²) in [6, 6.07) is 0. The minimum atomic E-state index is -0.604. The van der Waals surface area contributed by atoms with Crippen LogP contribution >= 0.6 is 0 Å². The second-order valence-corrected chi connectivity index (χ2v) is 11.2. The average Bonchev–Trinajstić information content (AvgIpc) is 3.02. The molecule has 0 aliphatic heterocycles. The van der Waals surface area contributed by atoms with Crippen molar-refractivity contribution in [2.75, 3.05) is 140 Å². The molecule has 0 aromatic rings. The molecule has 0 spiro atoms. The fraction of sp³-hybridized carbons (Fsp3) is 0.938. The van der Waals surface area contributed by atoms with Crippen LogP contribution in [0, 0.1) is 5.41 Å². The summed E-state index contributed by atoms with van der Waals surface area (Å²) in [4.78, 5) is 24.4. The van der Waals surface area contributed by atoms with Gasteiger partial charge < -0.3 is 57.4 Å². The molecule has 0 saturated carbocycles. The van der Waals surface area contributed by atoms with Crippen molar-refractivity contribution in [2.24, 2.45) is 5.41 Å². The lowest BCUT2D eigenvalue weighted by Gasteiger charge is -2.19. The fourth-order valence-electron chi connectivity index (χ4n) is 3.50. The summed E-state index contributed by atoms with van der Waals surface area (Å²) >= 11 is 0. The lowest BCUT2D eigenvalue weighted by molar-refractivity contribution is -0.126. The van der Waals surface area contributed by atoms with Gasteiger partial charge in [0, 0.05) is 32.6 Å². The number of nitrogens with one attached hydrogen (secondary N) is 1. The Labute approximate surface area is 276 Å². The van der Waals surface area contributed by atoms with E-state index in [1.807, 2.05) is 20.8 Å². The van der Waals surface area contributed by atoms with Crippen LogP contribution in [0.15, 0.2) is 0 Å². The average molecular weight is 670 g/mol. The molecule has 0 aliphatic rings. The van der Waals surface area contributed by atoms with Gasteiger partial charge in [-0.1, -0.05) is 27.2 Å². The molecule has 0 atom stereocenters. The maximum absolute atomic E-state index is 12.4. The van der Waals surface area contributed by atoms with E-state index in [4.69, 9.17) is 52.1 Å². The number of carbonyl (C=O) groups excluding carboxylic acids is 2. The number of carbonyl (C=O) groups is 2. The second kappa shape index (κ2) is 33.4. The number of ketones is 1. The van der Waals surface area contributed by atoms with Crippen molar-refractivity contribution in [3.8, 4) is 0 Å². The number of ether oxygens (including phenoxy) is 11. The first kappa shape index (κ1) is 44.5. The largest absolute Gasteiger partial charge is 0.441 e. The summed E-state index contributed by atoms with van der Waals surface area (Å²) in [5, 5.41) is 2.77. The van der Waals surface area contributed by atoms with Crippen LogP contribution in [0.2, 0.25) is 0 Å². The molecule has 0 fully saturated rings. The van der Waals surface area contributed by atoms with Crippen molar-refractivity contribution in [1.29, 1.82) is 0 Å². The SMILES string of the molecule is COCCOCCOCCOCCOCC(COCCOCCOCCOCCOC)OC(=O)NCCCCCC(=O)C(C)(C)C. The highest BCUT2D eigenvalue weighted by molar-refractivity contribution is 5.83. The van der Waals surface area contributed by atoms with Gasteiger partial charge in [0.15, 0.2) is 6.10 Å². The van der Waals surface area contributed by atoms with Gasteiger partial charge in [0.2, 0.25) is 0 Å². The summed E-state index contributed by atoms with van der Waals surface area (Å²) in [5.74, 6) is 0.249. The Morgan fingerprint density at radius 1 is 0.522 bits per heavy atom. The molecule has 0 bridgehead atoms. The van der Waals surface area contributed by atoms with Crippen LogP contribution < -0.4 is 5.32 Å². The van der Waals surface area contributed by atoms with Gasteiger partial charge in [-0.3, -0.25) is 4.79 Å². The van der Waals surface area contributed by atoms with E-state index in [0.717, 1.165) is 19.3 Å². The number of amides is 1. The maximum atomic E-state index is 12.4. The summed E-state index contributed by atoms with van der Waals surface area (Å²) in [7, 11) is 3.26. The van der Waals surface area contributed by atoms with Crippen LogP contribution in [0.1, 0.15) is 46.5 Å². The summed E-state index contributed by atoms with van der Waals surface area (Å²) in [6.07, 6.45) is 1.81. The molecule has 0 radical (unpaired) electrons. The van der Waals surface area contributed by atoms with E-state index >= 15 is 0 Å². The molecule has 0 saturated heterocycles. The Morgan fingerprint density at radius 2 is 0.891 bits per heavy atom. The van der Waals surface area contributed by atoms with Gasteiger partial charge in [-0.2, -0.15) is 0 Å². The van der Waals surface area contributed by atoms with E-state index in [1.165, 1.54) is 0 Å². The Hall–Kier alpha value is -1.46. The second-order valence-electron chi connectivity index (χ2n) is 11.2. The standard InChI is InChI=1S/C32H63NO13/c1-32(2,3)30(34)9-7-6-8-10-33-31(35)46-29(27-44-25-23-42-21-19-40-17-15-38-13-11-36-4)28-45-26-24-43-22-20-41-18-16-39-14-12-37-5/h29H,6-28H2,1-5H3,(H,33,35). The first-order valence-corrected chi connectivity index (χ1v) is 16.4. The van der Waals surface area contributed by atoms with E-state index < -0.39 is 12.2 Å². The minimum Gasteiger partial charge on any atom is -0.441 e. The lowest BCUT2D eigenvalue weighted by Crippen LogP contribution is -2.35. The molecule has 0 rings (SSSR count). The normalized spacial score (nSPS) is 11.8. The molecule has 14 heteroatoms. The van der Waals surface area contributed by atoms with Crippen molar-refractivity contribution in [1.82, 2.24) is 5.32 Å². The number of Topliss-reactive ketones (excluding diaryl/α,β-unsaturated/α-hetero) is 1. The molecule has 274 valence electrons. The van der Waals surface area contributed by atoms with Crippen molar-refractivity contribution in [3.63, 3.8) is 0 Å². The molecule has 0 aliphatic carbocycles. The Morgan fingerprint density at radius 3 is 1.26 bits per heavy atom. The molecule has 0 heterocycles. The van der Waals surface area contributed by atoms with Crippen LogP contribution in [-0.2, 0) is 56.9 Å². The van der Waals surface area contributed by atoms with Gasteiger partial charge in [-0.05, 0) is 12.8 Å². The number of alkyl carbamates (subject to hydrolysis) is 1.